The SMILES string of the molecule is CNC(C)c1ccc(S(=O)(=O)NC2(C)CCCOC2)cc1. The van der Waals surface area contributed by atoms with Gasteiger partial charge in [-0.25, -0.2) is 13.1 Å². The summed E-state index contributed by atoms with van der Waals surface area (Å²) in [7, 11) is -1.64. The number of hydrogen-bond donors (Lipinski definition) is 2. The summed E-state index contributed by atoms with van der Waals surface area (Å²) in [6.45, 7) is 5.04. The third kappa shape index (κ3) is 4.03. The van der Waals surface area contributed by atoms with Crippen molar-refractivity contribution in [3.63, 3.8) is 0 Å². The van der Waals surface area contributed by atoms with E-state index in [1.807, 2.05) is 33.0 Å². The molecule has 0 saturated carbocycles. The first-order chi connectivity index (χ1) is 9.86. The quantitative estimate of drug-likeness (QED) is 0.870. The highest BCUT2D eigenvalue weighted by molar-refractivity contribution is 7.89. The first kappa shape index (κ1) is 16.4. The van der Waals surface area contributed by atoms with Gasteiger partial charge in [-0.05, 0) is 51.4 Å². The minimum Gasteiger partial charge on any atom is -0.380 e. The maximum Gasteiger partial charge on any atom is 0.241 e. The Morgan fingerprint density at radius 2 is 1.95 bits per heavy atom. The van der Waals surface area contributed by atoms with Gasteiger partial charge < -0.3 is 10.1 Å². The van der Waals surface area contributed by atoms with Crippen LogP contribution < -0.4 is 10.0 Å². The van der Waals surface area contributed by atoms with Crippen molar-refractivity contribution < 1.29 is 13.2 Å². The van der Waals surface area contributed by atoms with Crippen LogP contribution in [-0.4, -0.2) is 34.2 Å². The molecular formula is C15H24N2O3S. The molecule has 0 spiro atoms. The third-order valence-corrected chi connectivity index (χ3v) is 5.60. The summed E-state index contributed by atoms with van der Waals surface area (Å²) >= 11 is 0. The molecule has 1 aromatic rings. The summed E-state index contributed by atoms with van der Waals surface area (Å²) in [5, 5.41) is 3.13. The summed E-state index contributed by atoms with van der Waals surface area (Å²) in [5.41, 5.74) is 0.539. The second-order valence-electron chi connectivity index (χ2n) is 5.90. The molecule has 1 heterocycles. The second kappa shape index (κ2) is 6.44. The van der Waals surface area contributed by atoms with Gasteiger partial charge in [0.1, 0.15) is 0 Å². The summed E-state index contributed by atoms with van der Waals surface area (Å²) in [6.07, 6.45) is 1.67. The third-order valence-electron chi connectivity index (χ3n) is 3.94. The molecule has 21 heavy (non-hydrogen) atoms. The number of rotatable bonds is 5. The normalized spacial score (nSPS) is 24.7. The molecule has 2 N–H and O–H groups in total. The van der Waals surface area contributed by atoms with E-state index in [2.05, 4.69) is 10.0 Å². The maximum atomic E-state index is 12.5. The first-order valence-electron chi connectivity index (χ1n) is 7.25. The van der Waals surface area contributed by atoms with E-state index in [9.17, 15) is 8.42 Å². The summed E-state index contributed by atoms with van der Waals surface area (Å²) < 4.78 is 33.1. The molecule has 2 atom stereocenters. The number of ether oxygens (including phenoxy) is 1. The van der Waals surface area contributed by atoms with Gasteiger partial charge in [-0.2, -0.15) is 0 Å². The minimum absolute atomic E-state index is 0.193. The molecule has 2 rings (SSSR count). The molecule has 1 fully saturated rings. The van der Waals surface area contributed by atoms with Crippen LogP contribution in [0.2, 0.25) is 0 Å². The van der Waals surface area contributed by atoms with E-state index < -0.39 is 15.6 Å². The van der Waals surface area contributed by atoms with E-state index in [1.165, 1.54) is 0 Å². The summed E-state index contributed by atoms with van der Waals surface area (Å²) in [4.78, 5) is 0.293. The fourth-order valence-electron chi connectivity index (χ4n) is 2.50. The van der Waals surface area contributed by atoms with E-state index in [-0.39, 0.29) is 6.04 Å². The van der Waals surface area contributed by atoms with E-state index in [0.717, 1.165) is 18.4 Å². The van der Waals surface area contributed by atoms with Gasteiger partial charge in [0.15, 0.2) is 0 Å². The van der Waals surface area contributed by atoms with Gasteiger partial charge in [0, 0.05) is 12.6 Å². The van der Waals surface area contributed by atoms with Crippen LogP contribution in [0.5, 0.6) is 0 Å². The van der Waals surface area contributed by atoms with Crippen molar-refractivity contribution in [2.45, 2.75) is 43.2 Å². The van der Waals surface area contributed by atoms with Crippen LogP contribution in [0.25, 0.3) is 0 Å². The molecule has 0 aliphatic carbocycles. The largest absolute Gasteiger partial charge is 0.380 e. The molecule has 118 valence electrons. The van der Waals surface area contributed by atoms with Crippen molar-refractivity contribution in [2.24, 2.45) is 0 Å². The van der Waals surface area contributed by atoms with Crippen LogP contribution in [0, 0.1) is 0 Å². The van der Waals surface area contributed by atoms with E-state index >= 15 is 0 Å². The van der Waals surface area contributed by atoms with Crippen LogP contribution >= 0.6 is 0 Å². The second-order valence-corrected chi connectivity index (χ2v) is 7.58. The predicted molar refractivity (Wildman–Crippen MR) is 82.7 cm³/mol. The number of hydrogen-bond acceptors (Lipinski definition) is 4. The van der Waals surface area contributed by atoms with Crippen molar-refractivity contribution in [1.29, 1.82) is 0 Å². The first-order valence-corrected chi connectivity index (χ1v) is 8.74. The lowest BCUT2D eigenvalue weighted by Gasteiger charge is -2.33. The van der Waals surface area contributed by atoms with E-state index in [0.29, 0.717) is 18.1 Å². The Bertz CT molecular complexity index is 563. The molecule has 0 amide bonds. The van der Waals surface area contributed by atoms with Crippen LogP contribution in [0.15, 0.2) is 29.2 Å². The predicted octanol–water partition coefficient (Wildman–Crippen LogP) is 1.81. The number of benzene rings is 1. The highest BCUT2D eigenvalue weighted by Gasteiger charge is 2.32. The molecule has 0 bridgehead atoms. The summed E-state index contributed by atoms with van der Waals surface area (Å²) in [5.74, 6) is 0. The van der Waals surface area contributed by atoms with Crippen LogP contribution in [0.1, 0.15) is 38.3 Å². The highest BCUT2D eigenvalue weighted by atomic mass is 32.2. The van der Waals surface area contributed by atoms with Crippen molar-refractivity contribution in [3.8, 4) is 0 Å². The topological polar surface area (TPSA) is 67.4 Å². The van der Waals surface area contributed by atoms with Crippen LogP contribution in [0.4, 0.5) is 0 Å². The lowest BCUT2D eigenvalue weighted by Crippen LogP contribution is -2.51. The average Bonchev–Trinajstić information content (AvgIpc) is 2.46. The number of sulfonamides is 1. The molecule has 1 aliphatic rings. The van der Waals surface area contributed by atoms with Gasteiger partial charge in [0.25, 0.3) is 0 Å². The molecular weight excluding hydrogens is 288 g/mol. The Morgan fingerprint density at radius 3 is 2.48 bits per heavy atom. The lowest BCUT2D eigenvalue weighted by atomic mass is 9.97. The average molecular weight is 312 g/mol. The van der Waals surface area contributed by atoms with Crippen molar-refractivity contribution in [3.05, 3.63) is 29.8 Å². The molecule has 0 aromatic heterocycles. The van der Waals surface area contributed by atoms with Crippen LogP contribution in [-0.2, 0) is 14.8 Å². The molecule has 1 saturated heterocycles. The van der Waals surface area contributed by atoms with Gasteiger partial charge in [-0.15, -0.1) is 0 Å². The molecule has 5 nitrogen and oxygen atoms in total. The molecule has 6 heteroatoms. The molecule has 1 aromatic carbocycles. The Kier molecular flexibility index (Phi) is 5.03. The fraction of sp³-hybridized carbons (Fsp3) is 0.600. The minimum atomic E-state index is -3.52. The van der Waals surface area contributed by atoms with Crippen molar-refractivity contribution in [2.75, 3.05) is 20.3 Å². The van der Waals surface area contributed by atoms with Gasteiger partial charge >= 0.3 is 0 Å². The maximum absolute atomic E-state index is 12.5. The Morgan fingerprint density at radius 1 is 1.29 bits per heavy atom. The zero-order chi connectivity index (χ0) is 15.5. The van der Waals surface area contributed by atoms with Gasteiger partial charge in [0.2, 0.25) is 10.0 Å². The van der Waals surface area contributed by atoms with Crippen LogP contribution in [0.3, 0.4) is 0 Å². The highest BCUT2D eigenvalue weighted by Crippen LogP contribution is 2.22. The fourth-order valence-corrected chi connectivity index (χ4v) is 3.92. The van der Waals surface area contributed by atoms with Gasteiger partial charge in [0.05, 0.1) is 17.0 Å². The Labute approximate surface area is 127 Å². The zero-order valence-electron chi connectivity index (χ0n) is 12.8. The zero-order valence-corrected chi connectivity index (χ0v) is 13.7. The molecule has 2 unspecified atom stereocenters. The standard InChI is InChI=1S/C15H24N2O3S/c1-12(16-3)13-5-7-14(8-6-13)21(18,19)17-15(2)9-4-10-20-11-15/h5-8,12,16-17H,4,9-11H2,1-3H3. The molecule has 0 radical (unpaired) electrons. The monoisotopic (exact) mass is 312 g/mol. The Balaban J connectivity index is 2.15. The van der Waals surface area contributed by atoms with Crippen molar-refractivity contribution >= 4 is 10.0 Å². The molecule has 1 aliphatic heterocycles. The summed E-state index contributed by atoms with van der Waals surface area (Å²) in [6, 6.07) is 7.18. The van der Waals surface area contributed by atoms with Gasteiger partial charge in [-0.1, -0.05) is 12.1 Å². The Hall–Kier alpha value is -0.950. The van der Waals surface area contributed by atoms with E-state index in [1.54, 1.807) is 12.1 Å². The van der Waals surface area contributed by atoms with E-state index in [4.69, 9.17) is 4.74 Å². The van der Waals surface area contributed by atoms with Gasteiger partial charge in [-0.3, -0.25) is 0 Å². The smallest absolute Gasteiger partial charge is 0.241 e. The van der Waals surface area contributed by atoms with Crippen molar-refractivity contribution in [1.82, 2.24) is 10.0 Å². The number of nitrogens with one attached hydrogen (secondary N) is 2. The lowest BCUT2D eigenvalue weighted by molar-refractivity contribution is 0.0386.